The molecule has 0 aromatic heterocycles. The van der Waals surface area contributed by atoms with Crippen molar-refractivity contribution >= 4 is 11.9 Å². The lowest BCUT2D eigenvalue weighted by molar-refractivity contribution is 0.104. The molecule has 0 heterocycles. The van der Waals surface area contributed by atoms with Gasteiger partial charge in [0.2, 0.25) is 0 Å². The Bertz CT molecular complexity index is 700. The van der Waals surface area contributed by atoms with Crippen molar-refractivity contribution in [2.24, 2.45) is 0 Å². The zero-order valence-corrected chi connectivity index (χ0v) is 12.5. The molecule has 0 saturated heterocycles. The van der Waals surface area contributed by atoms with Crippen molar-refractivity contribution in [3.63, 3.8) is 0 Å². The van der Waals surface area contributed by atoms with Crippen LogP contribution in [-0.4, -0.2) is 23.1 Å². The van der Waals surface area contributed by atoms with Crippen LogP contribution in [0.3, 0.4) is 0 Å². The number of allylic oxidation sites excluding steroid dienone is 1. The molecule has 114 valence electrons. The van der Waals surface area contributed by atoms with E-state index in [4.69, 9.17) is 4.74 Å². The van der Waals surface area contributed by atoms with Gasteiger partial charge in [0.15, 0.2) is 5.78 Å². The third-order valence-electron chi connectivity index (χ3n) is 3.40. The van der Waals surface area contributed by atoms with Gasteiger partial charge in [-0.25, -0.2) is 0 Å². The number of hydrogen-bond donors (Lipinski definition) is 2. The van der Waals surface area contributed by atoms with Gasteiger partial charge in [-0.2, -0.15) is 0 Å². The summed E-state index contributed by atoms with van der Waals surface area (Å²) in [6.07, 6.45) is 3.60. The summed E-state index contributed by atoms with van der Waals surface area (Å²) in [5.41, 5.74) is 1.65. The molecule has 2 N–H and O–H groups in total. The molecule has 0 bridgehead atoms. The Labute approximate surface area is 129 Å². The Morgan fingerprint density at radius 1 is 1.14 bits per heavy atom. The van der Waals surface area contributed by atoms with Crippen LogP contribution in [0.2, 0.25) is 0 Å². The lowest BCUT2D eigenvalue weighted by Gasteiger charge is -2.11. The fourth-order valence-corrected chi connectivity index (χ4v) is 2.20. The Kier molecular flexibility index (Phi) is 4.84. The van der Waals surface area contributed by atoms with Gasteiger partial charge in [-0.15, -0.1) is 0 Å². The predicted octanol–water partition coefficient (Wildman–Crippen LogP) is 3.56. The highest BCUT2D eigenvalue weighted by Crippen LogP contribution is 2.32. The molecule has 0 aliphatic rings. The minimum absolute atomic E-state index is 0.0396. The first kappa shape index (κ1) is 15.6. The van der Waals surface area contributed by atoms with E-state index in [-0.39, 0.29) is 22.8 Å². The van der Waals surface area contributed by atoms with Crippen LogP contribution in [0.5, 0.6) is 17.2 Å². The van der Waals surface area contributed by atoms with Crippen LogP contribution in [0.15, 0.2) is 42.5 Å². The first-order valence-electron chi connectivity index (χ1n) is 6.97. The monoisotopic (exact) mass is 298 g/mol. The lowest BCUT2D eigenvalue weighted by atomic mass is 10.0. The molecular weight excluding hydrogens is 280 g/mol. The maximum atomic E-state index is 12.2. The van der Waals surface area contributed by atoms with E-state index in [9.17, 15) is 15.0 Å². The normalized spacial score (nSPS) is 10.8. The largest absolute Gasteiger partial charge is 0.508 e. The third kappa shape index (κ3) is 3.28. The lowest BCUT2D eigenvalue weighted by Crippen LogP contribution is -1.99. The highest BCUT2D eigenvalue weighted by Gasteiger charge is 2.15. The van der Waals surface area contributed by atoms with Crippen molar-refractivity contribution in [1.82, 2.24) is 0 Å². The van der Waals surface area contributed by atoms with Crippen LogP contribution in [0.1, 0.15) is 28.4 Å². The molecule has 0 atom stereocenters. The van der Waals surface area contributed by atoms with E-state index in [1.54, 1.807) is 42.5 Å². The van der Waals surface area contributed by atoms with Crippen LogP contribution in [0, 0.1) is 0 Å². The van der Waals surface area contributed by atoms with E-state index in [0.29, 0.717) is 17.7 Å². The number of ether oxygens (including phenoxy) is 1. The molecule has 2 aromatic rings. The van der Waals surface area contributed by atoms with Crippen molar-refractivity contribution in [2.45, 2.75) is 13.3 Å². The molecule has 4 nitrogen and oxygen atoms in total. The van der Waals surface area contributed by atoms with E-state index in [1.165, 1.54) is 13.2 Å². The summed E-state index contributed by atoms with van der Waals surface area (Å²) in [7, 11) is 1.53. The van der Waals surface area contributed by atoms with Crippen molar-refractivity contribution in [3.8, 4) is 17.2 Å². The number of aromatic hydroxyl groups is 2. The number of rotatable bonds is 5. The summed E-state index contributed by atoms with van der Waals surface area (Å²) in [5.74, 6) is 0.410. The maximum Gasteiger partial charge on any atom is 0.189 e. The number of phenols is 2. The summed E-state index contributed by atoms with van der Waals surface area (Å²) in [4.78, 5) is 12.2. The van der Waals surface area contributed by atoms with Gasteiger partial charge >= 0.3 is 0 Å². The van der Waals surface area contributed by atoms with Gasteiger partial charge in [0, 0.05) is 5.56 Å². The van der Waals surface area contributed by atoms with E-state index >= 15 is 0 Å². The number of ketones is 1. The number of phenolic OH excluding ortho intramolecular Hbond substituents is 2. The number of carbonyl (C=O) groups excluding carboxylic acids is 1. The molecule has 0 fully saturated rings. The molecule has 2 aromatic carbocycles. The van der Waals surface area contributed by atoms with Gasteiger partial charge < -0.3 is 14.9 Å². The smallest absolute Gasteiger partial charge is 0.189 e. The van der Waals surface area contributed by atoms with Crippen molar-refractivity contribution in [2.75, 3.05) is 7.11 Å². The van der Waals surface area contributed by atoms with E-state index in [1.807, 2.05) is 6.92 Å². The summed E-state index contributed by atoms with van der Waals surface area (Å²) in [6, 6.07) is 9.72. The summed E-state index contributed by atoms with van der Waals surface area (Å²) >= 11 is 0. The molecule has 0 saturated carbocycles. The molecule has 22 heavy (non-hydrogen) atoms. The second-order valence-electron chi connectivity index (χ2n) is 4.79. The zero-order valence-electron chi connectivity index (χ0n) is 12.5. The SMILES string of the molecule is CCc1c(OC)ccc(C(=O)/C=C/c2ccc(O)cc2)c1O. The van der Waals surface area contributed by atoms with Crippen LogP contribution < -0.4 is 4.74 Å². The molecular formula is C18H18O4. The van der Waals surface area contributed by atoms with E-state index < -0.39 is 0 Å². The molecule has 0 radical (unpaired) electrons. The summed E-state index contributed by atoms with van der Waals surface area (Å²) in [5, 5.41) is 19.5. The molecule has 0 amide bonds. The van der Waals surface area contributed by atoms with Crippen molar-refractivity contribution in [3.05, 3.63) is 59.2 Å². The van der Waals surface area contributed by atoms with Gasteiger partial charge in [0.25, 0.3) is 0 Å². The average Bonchev–Trinajstić information content (AvgIpc) is 2.53. The Balaban J connectivity index is 2.28. The van der Waals surface area contributed by atoms with Gasteiger partial charge in [-0.1, -0.05) is 25.1 Å². The predicted molar refractivity (Wildman–Crippen MR) is 85.5 cm³/mol. The second kappa shape index (κ2) is 6.80. The van der Waals surface area contributed by atoms with Gasteiger partial charge in [-0.3, -0.25) is 4.79 Å². The van der Waals surface area contributed by atoms with E-state index in [2.05, 4.69) is 0 Å². The Morgan fingerprint density at radius 2 is 1.82 bits per heavy atom. The number of carbonyl (C=O) groups is 1. The minimum Gasteiger partial charge on any atom is -0.508 e. The second-order valence-corrected chi connectivity index (χ2v) is 4.79. The fourth-order valence-electron chi connectivity index (χ4n) is 2.20. The van der Waals surface area contributed by atoms with Crippen LogP contribution in [0.25, 0.3) is 6.08 Å². The average molecular weight is 298 g/mol. The Hall–Kier alpha value is -2.75. The highest BCUT2D eigenvalue weighted by atomic mass is 16.5. The van der Waals surface area contributed by atoms with Gasteiger partial charge in [0.05, 0.1) is 12.7 Å². The summed E-state index contributed by atoms with van der Waals surface area (Å²) < 4.78 is 5.18. The Morgan fingerprint density at radius 3 is 2.41 bits per heavy atom. The van der Waals surface area contributed by atoms with Crippen LogP contribution in [-0.2, 0) is 6.42 Å². The van der Waals surface area contributed by atoms with E-state index in [0.717, 1.165) is 5.56 Å². The van der Waals surface area contributed by atoms with Crippen molar-refractivity contribution < 1.29 is 19.7 Å². The van der Waals surface area contributed by atoms with Gasteiger partial charge in [-0.05, 0) is 42.3 Å². The minimum atomic E-state index is -0.289. The first-order valence-corrected chi connectivity index (χ1v) is 6.97. The molecule has 4 heteroatoms. The van der Waals surface area contributed by atoms with Crippen LogP contribution >= 0.6 is 0 Å². The highest BCUT2D eigenvalue weighted by molar-refractivity contribution is 6.09. The zero-order chi connectivity index (χ0) is 16.1. The molecule has 0 aliphatic heterocycles. The van der Waals surface area contributed by atoms with Crippen LogP contribution in [0.4, 0.5) is 0 Å². The third-order valence-corrected chi connectivity index (χ3v) is 3.40. The quantitative estimate of drug-likeness (QED) is 0.654. The topological polar surface area (TPSA) is 66.8 Å². The van der Waals surface area contributed by atoms with Crippen molar-refractivity contribution in [1.29, 1.82) is 0 Å². The maximum absolute atomic E-state index is 12.2. The molecule has 0 spiro atoms. The first-order chi connectivity index (χ1) is 10.6. The molecule has 0 aliphatic carbocycles. The number of methoxy groups -OCH3 is 1. The molecule has 2 rings (SSSR count). The fraction of sp³-hybridized carbons (Fsp3) is 0.167. The molecule has 0 unspecified atom stereocenters. The standard InChI is InChI=1S/C18H18O4/c1-3-14-17(22-2)11-9-15(18(14)21)16(20)10-6-12-4-7-13(19)8-5-12/h4-11,19,21H,3H2,1-2H3/b10-6+. The number of benzene rings is 2. The van der Waals surface area contributed by atoms with Gasteiger partial charge in [0.1, 0.15) is 17.2 Å². The number of hydrogen-bond acceptors (Lipinski definition) is 4. The summed E-state index contributed by atoms with van der Waals surface area (Å²) in [6.45, 7) is 1.89.